The Bertz CT molecular complexity index is 296. The van der Waals surface area contributed by atoms with E-state index in [0.717, 1.165) is 17.8 Å². The molecule has 3 aliphatic rings. The predicted molar refractivity (Wildman–Crippen MR) is 66.3 cm³/mol. The van der Waals surface area contributed by atoms with Gasteiger partial charge in [0.15, 0.2) is 0 Å². The minimum absolute atomic E-state index is 0.138. The van der Waals surface area contributed by atoms with Crippen LogP contribution in [0.2, 0.25) is 0 Å². The molecule has 16 heavy (non-hydrogen) atoms. The zero-order valence-electron chi connectivity index (χ0n) is 11.3. The highest BCUT2D eigenvalue weighted by atomic mass is 16.5. The summed E-state index contributed by atoms with van der Waals surface area (Å²) < 4.78 is 6.44. The molecule has 92 valence electrons. The summed E-state index contributed by atoms with van der Waals surface area (Å²) in [5.41, 5.74) is 0.729. The highest BCUT2D eigenvalue weighted by Crippen LogP contribution is 2.62. The first-order valence-electron chi connectivity index (χ1n) is 7.12. The summed E-state index contributed by atoms with van der Waals surface area (Å²) in [6.45, 7) is 9.59. The van der Waals surface area contributed by atoms with Gasteiger partial charge >= 0.3 is 0 Å². The Morgan fingerprint density at radius 1 is 1.06 bits per heavy atom. The van der Waals surface area contributed by atoms with E-state index in [9.17, 15) is 0 Å². The topological polar surface area (TPSA) is 9.23 Å². The molecule has 0 aromatic rings. The quantitative estimate of drug-likeness (QED) is 0.601. The van der Waals surface area contributed by atoms with Crippen LogP contribution in [0.25, 0.3) is 0 Å². The van der Waals surface area contributed by atoms with Crippen LogP contribution in [0.3, 0.4) is 0 Å². The van der Waals surface area contributed by atoms with Crippen molar-refractivity contribution in [2.45, 2.75) is 71.5 Å². The predicted octanol–water partition coefficient (Wildman–Crippen LogP) is 4.02. The van der Waals surface area contributed by atoms with Gasteiger partial charge in [-0.05, 0) is 62.7 Å². The van der Waals surface area contributed by atoms with Crippen molar-refractivity contribution in [1.29, 1.82) is 0 Å². The van der Waals surface area contributed by atoms with Crippen molar-refractivity contribution in [2.75, 3.05) is 0 Å². The Labute approximate surface area is 99.9 Å². The molecule has 1 saturated heterocycles. The average molecular weight is 222 g/mol. The van der Waals surface area contributed by atoms with E-state index in [0.29, 0.717) is 11.5 Å². The fourth-order valence-corrected chi connectivity index (χ4v) is 4.99. The Kier molecular flexibility index (Phi) is 2.25. The van der Waals surface area contributed by atoms with E-state index in [4.69, 9.17) is 4.74 Å². The second-order valence-electron chi connectivity index (χ2n) is 7.38. The Balaban J connectivity index is 2.00. The van der Waals surface area contributed by atoms with E-state index in [1.54, 1.807) is 0 Å². The van der Waals surface area contributed by atoms with Crippen LogP contribution >= 0.6 is 0 Å². The van der Waals surface area contributed by atoms with E-state index in [1.165, 1.54) is 32.1 Å². The van der Waals surface area contributed by atoms with E-state index in [2.05, 4.69) is 27.7 Å². The van der Waals surface area contributed by atoms with Crippen LogP contribution < -0.4 is 0 Å². The van der Waals surface area contributed by atoms with Gasteiger partial charge in [0, 0.05) is 0 Å². The van der Waals surface area contributed by atoms with Gasteiger partial charge in [-0.2, -0.15) is 0 Å². The molecule has 0 bridgehead atoms. The highest BCUT2D eigenvalue weighted by molar-refractivity contribution is 5.09. The molecule has 0 amide bonds. The van der Waals surface area contributed by atoms with Crippen molar-refractivity contribution < 1.29 is 4.74 Å². The van der Waals surface area contributed by atoms with Crippen molar-refractivity contribution in [2.24, 2.45) is 23.2 Å². The van der Waals surface area contributed by atoms with E-state index >= 15 is 0 Å². The molecule has 1 aliphatic heterocycles. The second-order valence-corrected chi connectivity index (χ2v) is 7.38. The minimum Gasteiger partial charge on any atom is -0.371 e. The molecule has 3 rings (SSSR count). The lowest BCUT2D eigenvalue weighted by Crippen LogP contribution is -2.32. The van der Waals surface area contributed by atoms with Gasteiger partial charge in [-0.1, -0.05) is 20.3 Å². The SMILES string of the molecule is C[C@@H]1CCC[C@]2(C)CC[C@H]3C2[C@@H]1OC3(C)C. The first-order valence-corrected chi connectivity index (χ1v) is 7.12. The summed E-state index contributed by atoms with van der Waals surface area (Å²) in [7, 11) is 0. The van der Waals surface area contributed by atoms with Gasteiger partial charge in [0.05, 0.1) is 11.7 Å². The molecule has 1 heterocycles. The van der Waals surface area contributed by atoms with Crippen LogP contribution in [0.5, 0.6) is 0 Å². The van der Waals surface area contributed by atoms with Crippen LogP contribution in [0.1, 0.15) is 59.8 Å². The molecule has 1 heteroatoms. The van der Waals surface area contributed by atoms with Gasteiger partial charge in [0.25, 0.3) is 0 Å². The van der Waals surface area contributed by atoms with Crippen LogP contribution in [-0.2, 0) is 4.74 Å². The largest absolute Gasteiger partial charge is 0.371 e. The minimum atomic E-state index is 0.138. The zero-order chi connectivity index (χ0) is 11.6. The summed E-state index contributed by atoms with van der Waals surface area (Å²) in [6.07, 6.45) is 7.63. The molecule has 5 atom stereocenters. The molecule has 0 aromatic carbocycles. The van der Waals surface area contributed by atoms with Gasteiger partial charge < -0.3 is 4.74 Å². The third-order valence-electron chi connectivity index (χ3n) is 5.92. The van der Waals surface area contributed by atoms with Gasteiger partial charge in [-0.15, -0.1) is 0 Å². The lowest BCUT2D eigenvalue weighted by Gasteiger charge is -2.33. The molecule has 2 saturated carbocycles. The third kappa shape index (κ3) is 1.33. The fraction of sp³-hybridized carbons (Fsp3) is 1.00. The monoisotopic (exact) mass is 222 g/mol. The van der Waals surface area contributed by atoms with Gasteiger partial charge in [0.1, 0.15) is 0 Å². The Hall–Kier alpha value is -0.0400. The smallest absolute Gasteiger partial charge is 0.0662 e. The van der Waals surface area contributed by atoms with Crippen LogP contribution in [0, 0.1) is 23.2 Å². The summed E-state index contributed by atoms with van der Waals surface area (Å²) in [5, 5.41) is 0. The normalized spacial score (nSPS) is 54.8. The standard InChI is InChI=1S/C15H26O/c1-10-6-5-8-15(4)9-7-11-12(15)13(10)16-14(11,2)3/h10-13H,5-9H2,1-4H3/t10-,11+,12?,13-,15-/m1/s1. The van der Waals surface area contributed by atoms with E-state index in [1.807, 2.05) is 0 Å². The lowest BCUT2D eigenvalue weighted by molar-refractivity contribution is -0.0632. The van der Waals surface area contributed by atoms with Crippen LogP contribution in [-0.4, -0.2) is 11.7 Å². The van der Waals surface area contributed by atoms with Crippen LogP contribution in [0.15, 0.2) is 0 Å². The maximum Gasteiger partial charge on any atom is 0.0662 e. The molecule has 0 N–H and O–H groups in total. The number of hydrogen-bond donors (Lipinski definition) is 0. The first kappa shape index (κ1) is 11.1. The maximum atomic E-state index is 6.44. The number of ether oxygens (including phenoxy) is 1. The lowest BCUT2D eigenvalue weighted by atomic mass is 9.70. The molecule has 0 radical (unpaired) electrons. The molecule has 1 unspecified atom stereocenters. The molecule has 2 aliphatic carbocycles. The van der Waals surface area contributed by atoms with E-state index in [-0.39, 0.29) is 5.60 Å². The summed E-state index contributed by atoms with van der Waals surface area (Å²) >= 11 is 0. The molecule has 0 aromatic heterocycles. The molecule has 0 spiro atoms. The summed E-state index contributed by atoms with van der Waals surface area (Å²) in [4.78, 5) is 0. The van der Waals surface area contributed by atoms with Crippen molar-refractivity contribution in [1.82, 2.24) is 0 Å². The maximum absolute atomic E-state index is 6.44. The highest BCUT2D eigenvalue weighted by Gasteiger charge is 2.61. The molecular formula is C15H26O. The van der Waals surface area contributed by atoms with Crippen molar-refractivity contribution in [3.05, 3.63) is 0 Å². The first-order chi connectivity index (χ1) is 7.44. The van der Waals surface area contributed by atoms with Gasteiger partial charge in [-0.25, -0.2) is 0 Å². The summed E-state index contributed by atoms with van der Waals surface area (Å²) in [6, 6.07) is 0. The van der Waals surface area contributed by atoms with Crippen LogP contribution in [0.4, 0.5) is 0 Å². The van der Waals surface area contributed by atoms with Gasteiger partial charge in [-0.3, -0.25) is 0 Å². The Morgan fingerprint density at radius 2 is 1.81 bits per heavy atom. The third-order valence-corrected chi connectivity index (χ3v) is 5.92. The van der Waals surface area contributed by atoms with Crippen molar-refractivity contribution in [3.8, 4) is 0 Å². The van der Waals surface area contributed by atoms with Crippen molar-refractivity contribution in [3.63, 3.8) is 0 Å². The molecule has 1 nitrogen and oxygen atoms in total. The average Bonchev–Trinajstić information content (AvgIpc) is 2.62. The van der Waals surface area contributed by atoms with Crippen molar-refractivity contribution >= 4 is 0 Å². The Morgan fingerprint density at radius 3 is 2.56 bits per heavy atom. The van der Waals surface area contributed by atoms with Gasteiger partial charge in [0.2, 0.25) is 0 Å². The number of rotatable bonds is 0. The summed E-state index contributed by atoms with van der Waals surface area (Å²) in [5.74, 6) is 2.44. The number of hydrogen-bond acceptors (Lipinski definition) is 1. The molecule has 3 fully saturated rings. The fourth-order valence-electron chi connectivity index (χ4n) is 4.99. The molecular weight excluding hydrogens is 196 g/mol. The van der Waals surface area contributed by atoms with E-state index < -0.39 is 0 Å². The second kappa shape index (κ2) is 3.25. The zero-order valence-corrected chi connectivity index (χ0v) is 11.3.